The molecular formula is C12H23N3O2. The maximum atomic E-state index is 5.61. The van der Waals surface area contributed by atoms with E-state index in [0.29, 0.717) is 24.4 Å². The van der Waals surface area contributed by atoms with Crippen molar-refractivity contribution in [3.63, 3.8) is 0 Å². The summed E-state index contributed by atoms with van der Waals surface area (Å²) in [6.07, 6.45) is 2.68. The van der Waals surface area contributed by atoms with E-state index in [4.69, 9.17) is 9.26 Å². The van der Waals surface area contributed by atoms with Gasteiger partial charge in [0.1, 0.15) is 6.10 Å². The van der Waals surface area contributed by atoms with E-state index in [-0.39, 0.29) is 6.10 Å². The van der Waals surface area contributed by atoms with Crippen LogP contribution in [0, 0.1) is 0 Å². The zero-order valence-electron chi connectivity index (χ0n) is 11.2. The molecule has 1 aromatic rings. The van der Waals surface area contributed by atoms with Crippen LogP contribution >= 0.6 is 0 Å². The highest BCUT2D eigenvalue weighted by molar-refractivity contribution is 4.93. The van der Waals surface area contributed by atoms with Crippen LogP contribution in [0.15, 0.2) is 4.52 Å². The van der Waals surface area contributed by atoms with E-state index in [1.807, 2.05) is 14.0 Å². The van der Waals surface area contributed by atoms with E-state index in [1.165, 1.54) is 0 Å². The normalized spacial score (nSPS) is 14.8. The highest BCUT2D eigenvalue weighted by Crippen LogP contribution is 2.20. The highest BCUT2D eigenvalue weighted by atomic mass is 16.5. The summed E-state index contributed by atoms with van der Waals surface area (Å²) in [5, 5.41) is 7.15. The Kier molecular flexibility index (Phi) is 6.15. The minimum absolute atomic E-state index is 0.0348. The number of hydrogen-bond donors (Lipinski definition) is 1. The first-order valence-electron chi connectivity index (χ1n) is 6.32. The maximum absolute atomic E-state index is 5.61. The Morgan fingerprint density at radius 3 is 2.76 bits per heavy atom. The molecule has 0 bridgehead atoms. The van der Waals surface area contributed by atoms with E-state index in [1.54, 1.807) is 0 Å². The van der Waals surface area contributed by atoms with Crippen molar-refractivity contribution >= 4 is 0 Å². The van der Waals surface area contributed by atoms with Crippen molar-refractivity contribution in [1.29, 1.82) is 0 Å². The zero-order chi connectivity index (χ0) is 12.7. The number of nitrogens with zero attached hydrogens (tertiary/aromatic N) is 2. The molecule has 0 fully saturated rings. The van der Waals surface area contributed by atoms with Gasteiger partial charge in [-0.3, -0.25) is 0 Å². The first-order valence-corrected chi connectivity index (χ1v) is 6.32. The molecule has 0 amide bonds. The molecule has 0 aliphatic carbocycles. The van der Waals surface area contributed by atoms with Crippen LogP contribution in [-0.4, -0.2) is 29.8 Å². The second-order valence-corrected chi connectivity index (χ2v) is 4.17. The largest absolute Gasteiger partial charge is 0.370 e. The van der Waals surface area contributed by atoms with Gasteiger partial charge in [-0.15, -0.1) is 0 Å². The quantitative estimate of drug-likeness (QED) is 0.755. The van der Waals surface area contributed by atoms with Crippen molar-refractivity contribution < 1.29 is 9.26 Å². The highest BCUT2D eigenvalue weighted by Gasteiger charge is 2.18. The fourth-order valence-electron chi connectivity index (χ4n) is 1.60. The number of likely N-dealkylation sites (N-methyl/N-ethyl adjacent to an activating group) is 1. The summed E-state index contributed by atoms with van der Waals surface area (Å²) in [6, 6.07) is 0.333. The molecule has 0 saturated heterocycles. The molecule has 5 nitrogen and oxygen atoms in total. The molecule has 1 N–H and O–H groups in total. The van der Waals surface area contributed by atoms with Gasteiger partial charge in [0.2, 0.25) is 11.7 Å². The van der Waals surface area contributed by atoms with Gasteiger partial charge < -0.3 is 14.6 Å². The van der Waals surface area contributed by atoms with E-state index in [2.05, 4.69) is 29.3 Å². The van der Waals surface area contributed by atoms with Gasteiger partial charge in [0, 0.05) is 19.1 Å². The standard InChI is InChI=1S/C12H23N3O2/c1-5-7-10(16-6-2)12-14-11(17-15-12)8-9(3)13-4/h9-10,13H,5-8H2,1-4H3. The van der Waals surface area contributed by atoms with Crippen LogP contribution in [0.25, 0.3) is 0 Å². The Morgan fingerprint density at radius 1 is 1.41 bits per heavy atom. The number of hydrogen-bond acceptors (Lipinski definition) is 5. The van der Waals surface area contributed by atoms with Gasteiger partial charge in [-0.25, -0.2) is 0 Å². The number of nitrogens with one attached hydrogen (secondary N) is 1. The average molecular weight is 241 g/mol. The number of rotatable bonds is 8. The van der Waals surface area contributed by atoms with Gasteiger partial charge in [-0.05, 0) is 27.3 Å². The van der Waals surface area contributed by atoms with E-state index in [0.717, 1.165) is 19.3 Å². The van der Waals surface area contributed by atoms with Crippen LogP contribution in [0.3, 0.4) is 0 Å². The molecule has 0 radical (unpaired) electrons. The third-order valence-electron chi connectivity index (χ3n) is 2.66. The lowest BCUT2D eigenvalue weighted by molar-refractivity contribution is 0.0478. The SMILES string of the molecule is CCCC(OCC)c1noc(CC(C)NC)n1. The smallest absolute Gasteiger partial charge is 0.228 e. The second-order valence-electron chi connectivity index (χ2n) is 4.17. The molecule has 1 heterocycles. The molecule has 1 rings (SSSR count). The molecule has 0 spiro atoms. The fraction of sp³-hybridized carbons (Fsp3) is 0.833. The molecule has 1 aromatic heterocycles. The van der Waals surface area contributed by atoms with Gasteiger partial charge in [0.05, 0.1) is 0 Å². The second kappa shape index (κ2) is 7.40. The Morgan fingerprint density at radius 2 is 2.18 bits per heavy atom. The molecule has 0 saturated carbocycles. The van der Waals surface area contributed by atoms with Gasteiger partial charge in [-0.1, -0.05) is 18.5 Å². The summed E-state index contributed by atoms with van der Waals surface area (Å²) in [4.78, 5) is 4.39. The molecule has 17 heavy (non-hydrogen) atoms. The summed E-state index contributed by atoms with van der Waals surface area (Å²) in [5.41, 5.74) is 0. The van der Waals surface area contributed by atoms with E-state index < -0.39 is 0 Å². The van der Waals surface area contributed by atoms with Crippen LogP contribution in [0.1, 0.15) is 51.4 Å². The van der Waals surface area contributed by atoms with Crippen LogP contribution in [0.5, 0.6) is 0 Å². The molecule has 0 aliphatic heterocycles. The third-order valence-corrected chi connectivity index (χ3v) is 2.66. The lowest BCUT2D eigenvalue weighted by Crippen LogP contribution is -2.23. The summed E-state index contributed by atoms with van der Waals surface area (Å²) < 4.78 is 10.8. The first kappa shape index (κ1) is 14.1. The van der Waals surface area contributed by atoms with Crippen LogP contribution in [0.4, 0.5) is 0 Å². The Bertz CT molecular complexity index is 308. The van der Waals surface area contributed by atoms with Crippen molar-refractivity contribution in [3.8, 4) is 0 Å². The summed E-state index contributed by atoms with van der Waals surface area (Å²) in [6.45, 7) is 6.85. The fourth-order valence-corrected chi connectivity index (χ4v) is 1.60. The minimum atomic E-state index is -0.0348. The first-order chi connectivity index (χ1) is 8.21. The Hall–Kier alpha value is -0.940. The van der Waals surface area contributed by atoms with Gasteiger partial charge in [-0.2, -0.15) is 4.98 Å². The lowest BCUT2D eigenvalue weighted by atomic mass is 10.2. The van der Waals surface area contributed by atoms with Crippen molar-refractivity contribution in [2.75, 3.05) is 13.7 Å². The van der Waals surface area contributed by atoms with Gasteiger partial charge >= 0.3 is 0 Å². The molecule has 0 aliphatic rings. The predicted octanol–water partition coefficient (Wildman–Crippen LogP) is 2.10. The zero-order valence-corrected chi connectivity index (χ0v) is 11.2. The molecule has 98 valence electrons. The summed E-state index contributed by atoms with van der Waals surface area (Å²) in [7, 11) is 1.92. The minimum Gasteiger partial charge on any atom is -0.370 e. The van der Waals surface area contributed by atoms with E-state index >= 15 is 0 Å². The number of aromatic nitrogens is 2. The molecule has 5 heteroatoms. The molecule has 2 unspecified atom stereocenters. The molecule has 0 aromatic carbocycles. The van der Waals surface area contributed by atoms with Crippen molar-refractivity contribution in [2.45, 2.75) is 52.2 Å². The van der Waals surface area contributed by atoms with Crippen molar-refractivity contribution in [2.24, 2.45) is 0 Å². The van der Waals surface area contributed by atoms with Crippen LogP contribution in [0.2, 0.25) is 0 Å². The average Bonchev–Trinajstić information content (AvgIpc) is 2.77. The Balaban J connectivity index is 2.63. The van der Waals surface area contributed by atoms with Crippen molar-refractivity contribution in [3.05, 3.63) is 11.7 Å². The molecule has 2 atom stereocenters. The third kappa shape index (κ3) is 4.44. The lowest BCUT2D eigenvalue weighted by Gasteiger charge is -2.11. The monoisotopic (exact) mass is 241 g/mol. The Labute approximate surface area is 103 Å². The van der Waals surface area contributed by atoms with Crippen molar-refractivity contribution in [1.82, 2.24) is 15.5 Å². The summed E-state index contributed by atoms with van der Waals surface area (Å²) in [5.74, 6) is 1.34. The predicted molar refractivity (Wildman–Crippen MR) is 65.8 cm³/mol. The number of ether oxygens (including phenoxy) is 1. The maximum Gasteiger partial charge on any atom is 0.228 e. The topological polar surface area (TPSA) is 60.2 Å². The van der Waals surface area contributed by atoms with Crippen LogP contribution in [-0.2, 0) is 11.2 Å². The summed E-state index contributed by atoms with van der Waals surface area (Å²) >= 11 is 0. The van der Waals surface area contributed by atoms with Crippen LogP contribution < -0.4 is 5.32 Å². The van der Waals surface area contributed by atoms with Gasteiger partial charge in [0.25, 0.3) is 0 Å². The van der Waals surface area contributed by atoms with E-state index in [9.17, 15) is 0 Å². The molecular weight excluding hydrogens is 218 g/mol. The van der Waals surface area contributed by atoms with Gasteiger partial charge in [0.15, 0.2) is 0 Å².